The van der Waals surface area contributed by atoms with Crippen LogP contribution in [0.3, 0.4) is 0 Å². The van der Waals surface area contributed by atoms with Crippen LogP contribution in [0, 0.1) is 0 Å². The van der Waals surface area contributed by atoms with Crippen LogP contribution < -0.4 is 10.6 Å². The standard InChI is InChI=1S/C11H15N3O4/c1-2-7-18-10(17)14-5-3-11(4-6-14)8(15)12-9(16)13-11/h2H,1,3-7H2,(H2,12,13,15,16). The molecule has 4 amide bonds. The molecule has 0 aromatic heterocycles. The molecule has 0 aromatic carbocycles. The molecule has 2 fully saturated rings. The van der Waals surface area contributed by atoms with E-state index in [1.165, 1.54) is 11.0 Å². The van der Waals surface area contributed by atoms with E-state index < -0.39 is 17.7 Å². The number of carbonyl (C=O) groups excluding carboxylic acids is 3. The molecule has 2 rings (SSSR count). The van der Waals surface area contributed by atoms with Crippen molar-refractivity contribution >= 4 is 18.0 Å². The summed E-state index contributed by atoms with van der Waals surface area (Å²) in [5.74, 6) is -0.313. The van der Waals surface area contributed by atoms with Gasteiger partial charge in [0.05, 0.1) is 0 Å². The summed E-state index contributed by atoms with van der Waals surface area (Å²) in [5, 5.41) is 4.85. The van der Waals surface area contributed by atoms with Crippen LogP contribution in [-0.4, -0.2) is 48.2 Å². The normalized spacial score (nSPS) is 21.4. The second-order valence-electron chi connectivity index (χ2n) is 4.34. The zero-order chi connectivity index (χ0) is 13.2. The summed E-state index contributed by atoms with van der Waals surface area (Å²) >= 11 is 0. The lowest BCUT2D eigenvalue weighted by Gasteiger charge is -2.36. The number of amides is 4. The molecule has 0 aromatic rings. The summed E-state index contributed by atoms with van der Waals surface area (Å²) in [6.07, 6.45) is 1.87. The fraction of sp³-hybridized carbons (Fsp3) is 0.545. The van der Waals surface area contributed by atoms with E-state index in [9.17, 15) is 14.4 Å². The average Bonchev–Trinajstić information content (AvgIpc) is 2.62. The van der Waals surface area contributed by atoms with Gasteiger partial charge >= 0.3 is 12.1 Å². The minimum absolute atomic E-state index is 0.164. The number of urea groups is 1. The van der Waals surface area contributed by atoms with Gasteiger partial charge in [0.2, 0.25) is 0 Å². The van der Waals surface area contributed by atoms with Gasteiger partial charge in [-0.15, -0.1) is 0 Å². The first-order valence-corrected chi connectivity index (χ1v) is 5.73. The summed E-state index contributed by atoms with van der Waals surface area (Å²) < 4.78 is 4.91. The van der Waals surface area contributed by atoms with Crippen LogP contribution in [0.25, 0.3) is 0 Å². The highest BCUT2D eigenvalue weighted by atomic mass is 16.6. The van der Waals surface area contributed by atoms with E-state index in [1.807, 2.05) is 0 Å². The summed E-state index contributed by atoms with van der Waals surface area (Å²) in [7, 11) is 0. The zero-order valence-electron chi connectivity index (χ0n) is 9.90. The molecule has 7 heteroatoms. The number of likely N-dealkylation sites (tertiary alicyclic amines) is 1. The third kappa shape index (κ3) is 2.15. The maximum atomic E-state index is 11.7. The van der Waals surface area contributed by atoms with Gasteiger partial charge in [-0.25, -0.2) is 9.59 Å². The summed E-state index contributed by atoms with van der Waals surface area (Å²) in [5.41, 5.74) is -0.855. The SMILES string of the molecule is C=CCOC(=O)N1CCC2(CC1)NC(=O)NC2=O. The van der Waals surface area contributed by atoms with Gasteiger partial charge in [0.15, 0.2) is 0 Å². The fourth-order valence-corrected chi connectivity index (χ4v) is 2.17. The lowest BCUT2D eigenvalue weighted by Crippen LogP contribution is -2.55. The zero-order valence-corrected chi connectivity index (χ0v) is 9.90. The Hall–Kier alpha value is -2.05. The number of rotatable bonds is 2. The van der Waals surface area contributed by atoms with Crippen LogP contribution in [0.2, 0.25) is 0 Å². The van der Waals surface area contributed by atoms with Gasteiger partial charge in [0.1, 0.15) is 12.1 Å². The quantitative estimate of drug-likeness (QED) is 0.535. The molecule has 0 aliphatic carbocycles. The van der Waals surface area contributed by atoms with Crippen LogP contribution in [0.5, 0.6) is 0 Å². The van der Waals surface area contributed by atoms with E-state index >= 15 is 0 Å². The topological polar surface area (TPSA) is 87.7 Å². The molecular weight excluding hydrogens is 238 g/mol. The van der Waals surface area contributed by atoms with Gasteiger partial charge in [-0.3, -0.25) is 10.1 Å². The number of hydrogen-bond acceptors (Lipinski definition) is 4. The molecule has 0 saturated carbocycles. The Bertz CT molecular complexity index is 399. The Labute approximate surface area is 104 Å². The fourth-order valence-electron chi connectivity index (χ4n) is 2.17. The molecule has 7 nitrogen and oxygen atoms in total. The van der Waals surface area contributed by atoms with Crippen molar-refractivity contribution in [1.29, 1.82) is 0 Å². The van der Waals surface area contributed by atoms with Gasteiger partial charge < -0.3 is 15.0 Å². The highest BCUT2D eigenvalue weighted by Gasteiger charge is 2.48. The summed E-state index contributed by atoms with van der Waals surface area (Å²) in [6, 6.07) is -0.470. The van der Waals surface area contributed by atoms with E-state index in [0.29, 0.717) is 25.9 Å². The van der Waals surface area contributed by atoms with E-state index in [4.69, 9.17) is 4.74 Å². The molecule has 18 heavy (non-hydrogen) atoms. The largest absolute Gasteiger partial charge is 0.445 e. The lowest BCUT2D eigenvalue weighted by molar-refractivity contribution is -0.125. The van der Waals surface area contributed by atoms with Gasteiger partial charge in [-0.1, -0.05) is 12.7 Å². The molecule has 0 unspecified atom stereocenters. The van der Waals surface area contributed by atoms with Gasteiger partial charge in [0, 0.05) is 13.1 Å². The molecule has 2 aliphatic rings. The van der Waals surface area contributed by atoms with Crippen molar-refractivity contribution in [3.05, 3.63) is 12.7 Å². The predicted octanol–water partition coefficient (Wildman–Crippen LogP) is -0.0170. The number of carbonyl (C=O) groups is 3. The summed E-state index contributed by atoms with van der Waals surface area (Å²) in [4.78, 5) is 35.9. The molecule has 2 aliphatic heterocycles. The third-order valence-electron chi connectivity index (χ3n) is 3.21. The van der Waals surface area contributed by atoms with E-state index in [0.717, 1.165) is 0 Å². The van der Waals surface area contributed by atoms with Crippen LogP contribution in [-0.2, 0) is 9.53 Å². The van der Waals surface area contributed by atoms with Crippen molar-refractivity contribution in [2.45, 2.75) is 18.4 Å². The molecule has 2 saturated heterocycles. The number of hydrogen-bond donors (Lipinski definition) is 2. The number of nitrogens with zero attached hydrogens (tertiary/aromatic N) is 1. The monoisotopic (exact) mass is 253 g/mol. The molecule has 1 spiro atoms. The lowest BCUT2D eigenvalue weighted by atomic mass is 9.88. The van der Waals surface area contributed by atoms with Crippen LogP contribution >= 0.6 is 0 Å². The Balaban J connectivity index is 1.92. The smallest absolute Gasteiger partial charge is 0.410 e. The van der Waals surface area contributed by atoms with Gasteiger partial charge in [-0.2, -0.15) is 0 Å². The van der Waals surface area contributed by atoms with E-state index in [2.05, 4.69) is 17.2 Å². The number of piperidine rings is 1. The molecule has 2 N–H and O–H groups in total. The van der Waals surface area contributed by atoms with Crippen molar-refractivity contribution in [2.24, 2.45) is 0 Å². The summed E-state index contributed by atoms with van der Waals surface area (Å²) in [6.45, 7) is 4.38. The van der Waals surface area contributed by atoms with E-state index in [1.54, 1.807) is 0 Å². The minimum atomic E-state index is -0.855. The predicted molar refractivity (Wildman–Crippen MR) is 61.8 cm³/mol. The maximum Gasteiger partial charge on any atom is 0.410 e. The first-order valence-electron chi connectivity index (χ1n) is 5.73. The Morgan fingerprint density at radius 2 is 2.11 bits per heavy atom. The van der Waals surface area contributed by atoms with E-state index in [-0.39, 0.29) is 12.5 Å². The molecule has 0 atom stereocenters. The van der Waals surface area contributed by atoms with Gasteiger partial charge in [0.25, 0.3) is 5.91 Å². The van der Waals surface area contributed by atoms with Gasteiger partial charge in [-0.05, 0) is 12.8 Å². The number of imide groups is 1. The second kappa shape index (κ2) is 4.67. The van der Waals surface area contributed by atoms with Crippen molar-refractivity contribution in [1.82, 2.24) is 15.5 Å². The minimum Gasteiger partial charge on any atom is -0.445 e. The molecule has 2 heterocycles. The number of nitrogens with one attached hydrogen (secondary N) is 2. The average molecular weight is 253 g/mol. The first kappa shape index (κ1) is 12.4. The van der Waals surface area contributed by atoms with Crippen LogP contribution in [0.1, 0.15) is 12.8 Å². The molecular formula is C11H15N3O4. The first-order chi connectivity index (χ1) is 8.57. The third-order valence-corrected chi connectivity index (χ3v) is 3.21. The Morgan fingerprint density at radius 1 is 1.44 bits per heavy atom. The van der Waals surface area contributed by atoms with Crippen molar-refractivity contribution < 1.29 is 19.1 Å². The van der Waals surface area contributed by atoms with Crippen molar-refractivity contribution in [3.8, 4) is 0 Å². The van der Waals surface area contributed by atoms with Crippen molar-refractivity contribution in [2.75, 3.05) is 19.7 Å². The Kier molecular flexibility index (Phi) is 3.22. The number of ether oxygens (including phenoxy) is 1. The Morgan fingerprint density at radius 3 is 2.61 bits per heavy atom. The highest BCUT2D eigenvalue weighted by molar-refractivity contribution is 6.07. The molecule has 0 radical (unpaired) electrons. The van der Waals surface area contributed by atoms with Crippen molar-refractivity contribution in [3.63, 3.8) is 0 Å². The maximum absolute atomic E-state index is 11.7. The van der Waals surface area contributed by atoms with Crippen LogP contribution in [0.4, 0.5) is 9.59 Å². The highest BCUT2D eigenvalue weighted by Crippen LogP contribution is 2.25. The van der Waals surface area contributed by atoms with Crippen LogP contribution in [0.15, 0.2) is 12.7 Å². The molecule has 98 valence electrons. The molecule has 0 bridgehead atoms. The second-order valence-corrected chi connectivity index (χ2v) is 4.34.